The molecule has 1 aromatic rings. The Labute approximate surface area is 91.3 Å². The number of hydrogen-bond acceptors (Lipinski definition) is 2. The average molecular weight is 234 g/mol. The Morgan fingerprint density at radius 3 is 2.44 bits per heavy atom. The number of hydrogen-bond donors (Lipinski definition) is 0. The number of carbonyl (C=O) groups is 1. The number of nitrogens with zero attached hydrogens (tertiary/aromatic N) is 2. The van der Waals surface area contributed by atoms with E-state index in [1.54, 1.807) is 7.05 Å². The van der Waals surface area contributed by atoms with Gasteiger partial charge in [-0.25, -0.2) is 4.98 Å². The van der Waals surface area contributed by atoms with E-state index >= 15 is 0 Å². The minimum atomic E-state index is -4.79. The van der Waals surface area contributed by atoms with Crippen molar-refractivity contribution in [2.24, 2.45) is 7.05 Å². The molecular weight excluding hydrogens is 221 g/mol. The van der Waals surface area contributed by atoms with Gasteiger partial charge in [0, 0.05) is 18.9 Å². The van der Waals surface area contributed by atoms with Crippen LogP contribution in [0.25, 0.3) is 0 Å². The molecule has 0 unspecified atom stereocenters. The van der Waals surface area contributed by atoms with Crippen molar-refractivity contribution in [2.75, 3.05) is 0 Å². The van der Waals surface area contributed by atoms with Crippen molar-refractivity contribution in [1.82, 2.24) is 9.55 Å². The number of carbonyl (C=O) groups excluding carboxylic acids is 1. The maximum atomic E-state index is 12.0. The van der Waals surface area contributed by atoms with E-state index in [1.165, 1.54) is 10.8 Å². The van der Waals surface area contributed by atoms with Gasteiger partial charge in [-0.3, -0.25) is 4.79 Å². The second-order valence-corrected chi connectivity index (χ2v) is 3.91. The lowest BCUT2D eigenvalue weighted by molar-refractivity contribution is -0.170. The third-order valence-electron chi connectivity index (χ3n) is 2.35. The zero-order valence-electron chi connectivity index (χ0n) is 9.30. The van der Waals surface area contributed by atoms with E-state index in [4.69, 9.17) is 0 Å². The number of halogens is 3. The highest BCUT2D eigenvalue weighted by Gasteiger charge is 2.38. The molecule has 0 N–H and O–H groups in total. The fourth-order valence-corrected chi connectivity index (χ4v) is 1.41. The lowest BCUT2D eigenvalue weighted by Crippen LogP contribution is -2.25. The first-order valence-corrected chi connectivity index (χ1v) is 4.84. The van der Waals surface area contributed by atoms with Crippen molar-refractivity contribution >= 4 is 5.78 Å². The molecule has 0 atom stereocenters. The summed E-state index contributed by atoms with van der Waals surface area (Å²) in [6.45, 7) is 3.82. The van der Waals surface area contributed by atoms with E-state index < -0.39 is 18.4 Å². The van der Waals surface area contributed by atoms with Crippen LogP contribution in [0.4, 0.5) is 13.2 Å². The van der Waals surface area contributed by atoms with Crippen LogP contribution in [0.2, 0.25) is 0 Å². The van der Waals surface area contributed by atoms with Crippen molar-refractivity contribution in [1.29, 1.82) is 0 Å². The van der Waals surface area contributed by atoms with Gasteiger partial charge in [-0.1, -0.05) is 13.8 Å². The van der Waals surface area contributed by atoms with Gasteiger partial charge < -0.3 is 4.57 Å². The van der Waals surface area contributed by atoms with Crippen LogP contribution >= 0.6 is 0 Å². The van der Waals surface area contributed by atoms with Crippen LogP contribution in [-0.2, 0) is 18.3 Å². The van der Waals surface area contributed by atoms with E-state index in [0.717, 1.165) is 5.69 Å². The van der Waals surface area contributed by atoms with Crippen LogP contribution in [0.15, 0.2) is 6.20 Å². The van der Waals surface area contributed by atoms with Gasteiger partial charge >= 0.3 is 6.18 Å². The van der Waals surface area contributed by atoms with Crippen LogP contribution in [0.5, 0.6) is 0 Å². The molecule has 3 nitrogen and oxygen atoms in total. The maximum absolute atomic E-state index is 12.0. The van der Waals surface area contributed by atoms with Gasteiger partial charge in [-0.15, -0.1) is 0 Å². The monoisotopic (exact) mass is 234 g/mol. The van der Waals surface area contributed by atoms with Gasteiger partial charge in [-0.2, -0.15) is 13.2 Å². The summed E-state index contributed by atoms with van der Waals surface area (Å²) >= 11 is 0. The smallest absolute Gasteiger partial charge is 0.334 e. The highest BCUT2D eigenvalue weighted by atomic mass is 19.4. The number of ketones is 1. The Hall–Kier alpha value is -1.33. The normalized spacial score (nSPS) is 12.2. The lowest BCUT2D eigenvalue weighted by atomic mass is 10.1. The molecule has 0 aliphatic heterocycles. The fourth-order valence-electron chi connectivity index (χ4n) is 1.41. The van der Waals surface area contributed by atoms with Crippen LogP contribution in [0, 0.1) is 0 Å². The van der Waals surface area contributed by atoms with Gasteiger partial charge in [0.1, 0.15) is 5.82 Å². The lowest BCUT2D eigenvalue weighted by Gasteiger charge is -2.09. The molecule has 6 heteroatoms. The molecule has 0 saturated carbocycles. The highest BCUT2D eigenvalue weighted by molar-refractivity contribution is 5.85. The number of alkyl halides is 3. The zero-order chi connectivity index (χ0) is 12.5. The van der Waals surface area contributed by atoms with E-state index in [0.29, 0.717) is 0 Å². The van der Waals surface area contributed by atoms with Crippen molar-refractivity contribution in [3.05, 3.63) is 17.7 Å². The summed E-state index contributed by atoms with van der Waals surface area (Å²) in [6, 6.07) is 0. The largest absolute Gasteiger partial charge is 0.450 e. The predicted molar refractivity (Wildman–Crippen MR) is 52.1 cm³/mol. The number of rotatable bonds is 3. The van der Waals surface area contributed by atoms with Crippen LogP contribution in [-0.4, -0.2) is 21.5 Å². The zero-order valence-corrected chi connectivity index (χ0v) is 9.30. The third-order valence-corrected chi connectivity index (χ3v) is 2.35. The molecule has 90 valence electrons. The molecule has 1 rings (SSSR count). The Morgan fingerprint density at radius 1 is 1.50 bits per heavy atom. The molecule has 0 aliphatic rings. The van der Waals surface area contributed by atoms with E-state index in [-0.39, 0.29) is 11.7 Å². The molecule has 1 aromatic heterocycles. The quantitative estimate of drug-likeness (QED) is 0.803. The Kier molecular flexibility index (Phi) is 3.40. The first-order chi connectivity index (χ1) is 7.23. The molecule has 0 amide bonds. The Morgan fingerprint density at radius 2 is 2.06 bits per heavy atom. The number of aromatic nitrogens is 2. The molecule has 16 heavy (non-hydrogen) atoms. The minimum Gasteiger partial charge on any atom is -0.334 e. The van der Waals surface area contributed by atoms with Gasteiger partial charge in [0.25, 0.3) is 0 Å². The summed E-state index contributed by atoms with van der Waals surface area (Å²) < 4.78 is 37.7. The number of Topliss-reactive ketones (excluding diaryl/α,β-unsaturated/α-hetero) is 1. The Bertz CT molecular complexity index is 393. The summed E-state index contributed by atoms with van der Waals surface area (Å²) in [6.07, 6.45) is -3.99. The standard InChI is InChI=1S/C10H13F3N2O/c1-6(2)7-5-14-9(15(7)3)4-8(16)10(11,12)13/h5-6H,4H2,1-3H3. The van der Waals surface area contributed by atoms with Crippen molar-refractivity contribution in [3.8, 4) is 0 Å². The molecule has 0 bridgehead atoms. The van der Waals surface area contributed by atoms with Crippen LogP contribution < -0.4 is 0 Å². The molecule has 0 saturated heterocycles. The summed E-state index contributed by atoms with van der Waals surface area (Å²) in [5.41, 5.74) is 0.810. The summed E-state index contributed by atoms with van der Waals surface area (Å²) in [4.78, 5) is 14.6. The number of imidazole rings is 1. The van der Waals surface area contributed by atoms with E-state index in [1.807, 2.05) is 13.8 Å². The molecule has 0 spiro atoms. The average Bonchev–Trinajstić information content (AvgIpc) is 2.46. The molecular formula is C10H13F3N2O. The molecule has 1 heterocycles. The van der Waals surface area contributed by atoms with Gasteiger partial charge in [0.05, 0.1) is 6.42 Å². The summed E-state index contributed by atoms with van der Waals surface area (Å²) in [5.74, 6) is -1.46. The topological polar surface area (TPSA) is 34.9 Å². The molecule has 0 aromatic carbocycles. The van der Waals surface area contributed by atoms with Gasteiger partial charge in [0.15, 0.2) is 0 Å². The maximum Gasteiger partial charge on any atom is 0.450 e. The minimum absolute atomic E-state index is 0.144. The van der Waals surface area contributed by atoms with Gasteiger partial charge in [0.2, 0.25) is 5.78 Å². The van der Waals surface area contributed by atoms with Gasteiger partial charge in [-0.05, 0) is 5.92 Å². The van der Waals surface area contributed by atoms with Crippen molar-refractivity contribution in [2.45, 2.75) is 32.4 Å². The van der Waals surface area contributed by atoms with Crippen LogP contribution in [0.1, 0.15) is 31.3 Å². The fraction of sp³-hybridized carbons (Fsp3) is 0.600. The van der Waals surface area contributed by atoms with E-state index in [2.05, 4.69) is 4.98 Å². The SMILES string of the molecule is CC(C)c1cnc(CC(=O)C(F)(F)F)n1C. The van der Waals surface area contributed by atoms with Crippen molar-refractivity contribution < 1.29 is 18.0 Å². The molecule has 0 radical (unpaired) electrons. The van der Waals surface area contributed by atoms with Crippen LogP contribution in [0.3, 0.4) is 0 Å². The van der Waals surface area contributed by atoms with E-state index in [9.17, 15) is 18.0 Å². The second-order valence-electron chi connectivity index (χ2n) is 3.91. The first kappa shape index (κ1) is 12.7. The molecule has 0 aliphatic carbocycles. The Balaban J connectivity index is 2.88. The summed E-state index contributed by atoms with van der Waals surface area (Å²) in [5, 5.41) is 0. The van der Waals surface area contributed by atoms with Crippen molar-refractivity contribution in [3.63, 3.8) is 0 Å². The first-order valence-electron chi connectivity index (χ1n) is 4.84. The molecule has 0 fully saturated rings. The third kappa shape index (κ3) is 2.62. The second kappa shape index (κ2) is 4.27. The summed E-state index contributed by atoms with van der Waals surface area (Å²) in [7, 11) is 1.61. The highest BCUT2D eigenvalue weighted by Crippen LogP contribution is 2.20. The predicted octanol–water partition coefficient (Wildman–Crippen LogP) is 2.22.